The van der Waals surface area contributed by atoms with E-state index in [1.165, 1.54) is 6.42 Å². The van der Waals surface area contributed by atoms with Crippen molar-refractivity contribution in [1.82, 2.24) is 0 Å². The van der Waals surface area contributed by atoms with E-state index < -0.39 is 0 Å². The molecule has 0 unspecified atom stereocenters. The Labute approximate surface area is 62.2 Å². The molecule has 56 valence electrons. The average Bonchev–Trinajstić information content (AvgIpc) is 1.64. The minimum absolute atomic E-state index is 0. The van der Waals surface area contributed by atoms with E-state index in [0.29, 0.717) is 0 Å². The summed E-state index contributed by atoms with van der Waals surface area (Å²) in [5.74, 6) is 0. The number of hydrogen-bond acceptors (Lipinski definition) is 2. The molecule has 0 aromatic carbocycles. The molecule has 1 aliphatic rings. The Kier molecular flexibility index (Phi) is 3.48. The summed E-state index contributed by atoms with van der Waals surface area (Å²) in [6.07, 6.45) is 3.32. The summed E-state index contributed by atoms with van der Waals surface area (Å²) in [7, 11) is 0. The van der Waals surface area contributed by atoms with Crippen molar-refractivity contribution in [2.24, 2.45) is 5.73 Å². The highest BCUT2D eigenvalue weighted by atomic mass is 35.5. The van der Waals surface area contributed by atoms with E-state index in [1.807, 2.05) is 6.92 Å². The number of hydrogen-bond donors (Lipinski definition) is 1. The van der Waals surface area contributed by atoms with Gasteiger partial charge >= 0.3 is 0 Å². The van der Waals surface area contributed by atoms with Gasteiger partial charge in [-0.25, -0.2) is 0 Å². The van der Waals surface area contributed by atoms with Crippen LogP contribution in [0.25, 0.3) is 0 Å². The van der Waals surface area contributed by atoms with Crippen molar-refractivity contribution >= 4 is 12.4 Å². The highest BCUT2D eigenvalue weighted by Gasteiger charge is 2.32. The first kappa shape index (κ1) is 9.21. The largest absolute Gasteiger partial charge is 0.361 e. The molecule has 0 amide bonds. The molecule has 2 N–H and O–H groups in total. The average molecular weight is 152 g/mol. The lowest BCUT2D eigenvalue weighted by atomic mass is 9.89. The zero-order valence-corrected chi connectivity index (χ0v) is 6.54. The highest BCUT2D eigenvalue weighted by molar-refractivity contribution is 5.85. The maximum atomic E-state index is 5.69. The molecule has 0 heterocycles. The highest BCUT2D eigenvalue weighted by Crippen LogP contribution is 2.29. The van der Waals surface area contributed by atoms with Crippen molar-refractivity contribution in [3.05, 3.63) is 0 Å². The van der Waals surface area contributed by atoms with Gasteiger partial charge in [-0.2, -0.15) is 0 Å². The van der Waals surface area contributed by atoms with Crippen molar-refractivity contribution in [3.63, 3.8) is 0 Å². The molecule has 1 saturated carbocycles. The topological polar surface area (TPSA) is 35.2 Å². The second-order valence-corrected chi connectivity index (χ2v) is 2.35. The molecule has 3 heteroatoms. The third-order valence-electron chi connectivity index (χ3n) is 1.63. The quantitative estimate of drug-likeness (QED) is 0.604. The second kappa shape index (κ2) is 3.40. The second-order valence-electron chi connectivity index (χ2n) is 2.35. The van der Waals surface area contributed by atoms with Crippen LogP contribution in [0.2, 0.25) is 0 Å². The Morgan fingerprint density at radius 2 is 2.11 bits per heavy atom. The van der Waals surface area contributed by atoms with E-state index in [0.717, 1.165) is 19.4 Å². The van der Waals surface area contributed by atoms with E-state index in [9.17, 15) is 0 Å². The summed E-state index contributed by atoms with van der Waals surface area (Å²) in [6.45, 7) is 2.73. The van der Waals surface area contributed by atoms with Crippen LogP contribution in [0, 0.1) is 0 Å². The number of ether oxygens (including phenoxy) is 1. The van der Waals surface area contributed by atoms with Crippen LogP contribution < -0.4 is 5.73 Å². The molecule has 0 aromatic rings. The maximum Gasteiger partial charge on any atom is 0.116 e. The number of halogens is 1. The van der Waals surface area contributed by atoms with E-state index in [4.69, 9.17) is 10.5 Å². The third-order valence-corrected chi connectivity index (χ3v) is 1.63. The summed E-state index contributed by atoms with van der Waals surface area (Å²) in [5, 5.41) is 0. The number of rotatable bonds is 2. The zero-order chi connectivity index (χ0) is 6.04. The van der Waals surface area contributed by atoms with Crippen molar-refractivity contribution < 1.29 is 4.74 Å². The van der Waals surface area contributed by atoms with Crippen LogP contribution in [0.1, 0.15) is 26.2 Å². The van der Waals surface area contributed by atoms with Crippen LogP contribution in [-0.2, 0) is 4.74 Å². The Balaban J connectivity index is 0.000000640. The van der Waals surface area contributed by atoms with Crippen LogP contribution in [-0.4, -0.2) is 12.3 Å². The first-order valence-electron chi connectivity index (χ1n) is 3.20. The predicted octanol–water partition coefficient (Wildman–Crippen LogP) is 1.28. The van der Waals surface area contributed by atoms with Gasteiger partial charge in [0, 0.05) is 6.61 Å². The first-order chi connectivity index (χ1) is 3.77. The van der Waals surface area contributed by atoms with Gasteiger partial charge < -0.3 is 10.5 Å². The molecule has 1 aliphatic carbocycles. The summed E-state index contributed by atoms with van der Waals surface area (Å²) in [4.78, 5) is 0. The van der Waals surface area contributed by atoms with E-state index in [1.54, 1.807) is 0 Å². The Hall–Kier alpha value is 0.210. The molecule has 1 rings (SSSR count). The predicted molar refractivity (Wildman–Crippen MR) is 39.6 cm³/mol. The van der Waals surface area contributed by atoms with Crippen LogP contribution in [0.15, 0.2) is 0 Å². The van der Waals surface area contributed by atoms with E-state index in [-0.39, 0.29) is 18.1 Å². The van der Waals surface area contributed by atoms with Gasteiger partial charge in [0.1, 0.15) is 5.72 Å². The van der Waals surface area contributed by atoms with Crippen LogP contribution >= 0.6 is 12.4 Å². The minimum atomic E-state index is -0.227. The molecule has 0 saturated heterocycles. The summed E-state index contributed by atoms with van der Waals surface area (Å²) < 4.78 is 5.24. The summed E-state index contributed by atoms with van der Waals surface area (Å²) >= 11 is 0. The fraction of sp³-hybridized carbons (Fsp3) is 1.00. The van der Waals surface area contributed by atoms with Crippen molar-refractivity contribution in [2.45, 2.75) is 31.9 Å². The lowest BCUT2D eigenvalue weighted by Crippen LogP contribution is -2.48. The lowest BCUT2D eigenvalue weighted by Gasteiger charge is -2.37. The zero-order valence-electron chi connectivity index (χ0n) is 5.72. The van der Waals surface area contributed by atoms with Crippen LogP contribution in [0.3, 0.4) is 0 Å². The standard InChI is InChI=1S/C6H13NO.ClH/c1-2-8-6(7)4-3-5-6;/h2-5,7H2,1H3;1H. The van der Waals surface area contributed by atoms with Crippen LogP contribution in [0.5, 0.6) is 0 Å². The summed E-state index contributed by atoms with van der Waals surface area (Å²) in [5.41, 5.74) is 5.46. The van der Waals surface area contributed by atoms with Gasteiger partial charge in [0.25, 0.3) is 0 Å². The molecule has 0 aromatic heterocycles. The molecule has 0 bridgehead atoms. The monoisotopic (exact) mass is 151 g/mol. The van der Waals surface area contributed by atoms with Crippen molar-refractivity contribution in [3.8, 4) is 0 Å². The van der Waals surface area contributed by atoms with Gasteiger partial charge in [-0.3, -0.25) is 0 Å². The number of nitrogens with two attached hydrogens (primary N) is 1. The van der Waals surface area contributed by atoms with Crippen molar-refractivity contribution in [1.29, 1.82) is 0 Å². The molecule has 1 fully saturated rings. The Morgan fingerprint density at radius 1 is 1.56 bits per heavy atom. The molecule has 0 aliphatic heterocycles. The molecular weight excluding hydrogens is 138 g/mol. The molecule has 0 radical (unpaired) electrons. The SMILES string of the molecule is CCOC1(N)CCC1.Cl. The lowest BCUT2D eigenvalue weighted by molar-refractivity contribution is -0.0897. The van der Waals surface area contributed by atoms with E-state index in [2.05, 4.69) is 0 Å². The Morgan fingerprint density at radius 3 is 2.22 bits per heavy atom. The van der Waals surface area contributed by atoms with Crippen LogP contribution in [0.4, 0.5) is 0 Å². The molecule has 0 atom stereocenters. The molecule has 9 heavy (non-hydrogen) atoms. The van der Waals surface area contributed by atoms with Gasteiger partial charge in [-0.15, -0.1) is 12.4 Å². The fourth-order valence-electron chi connectivity index (χ4n) is 0.957. The summed E-state index contributed by atoms with van der Waals surface area (Å²) in [6, 6.07) is 0. The minimum Gasteiger partial charge on any atom is -0.361 e. The third kappa shape index (κ3) is 2.12. The maximum absolute atomic E-state index is 5.69. The Bertz CT molecular complexity index is 83.1. The first-order valence-corrected chi connectivity index (χ1v) is 3.20. The van der Waals surface area contributed by atoms with Gasteiger partial charge in [0.05, 0.1) is 0 Å². The van der Waals surface area contributed by atoms with Gasteiger partial charge in [0.2, 0.25) is 0 Å². The normalized spacial score (nSPS) is 22.0. The molecule has 2 nitrogen and oxygen atoms in total. The van der Waals surface area contributed by atoms with Gasteiger partial charge in [0.15, 0.2) is 0 Å². The van der Waals surface area contributed by atoms with Gasteiger partial charge in [-0.1, -0.05) is 0 Å². The smallest absolute Gasteiger partial charge is 0.116 e. The van der Waals surface area contributed by atoms with Crippen molar-refractivity contribution in [2.75, 3.05) is 6.61 Å². The fourth-order valence-corrected chi connectivity index (χ4v) is 0.957. The van der Waals surface area contributed by atoms with E-state index >= 15 is 0 Å². The van der Waals surface area contributed by atoms with Gasteiger partial charge in [-0.05, 0) is 26.2 Å². The molecular formula is C6H14ClNO. The molecule has 0 spiro atoms.